The van der Waals surface area contributed by atoms with Crippen LogP contribution < -0.4 is 14.9 Å². The van der Waals surface area contributed by atoms with Gasteiger partial charge in [0.2, 0.25) is 5.43 Å². The topological polar surface area (TPSA) is 68.9 Å². The summed E-state index contributed by atoms with van der Waals surface area (Å²) in [6, 6.07) is 6.52. The fraction of sp³-hybridized carbons (Fsp3) is 0.320. The summed E-state index contributed by atoms with van der Waals surface area (Å²) in [6.07, 6.45) is 7.01. The minimum Gasteiger partial charge on any atom is -0.508 e. The molecule has 0 radical (unpaired) electrons. The molecule has 0 bridgehead atoms. The molecule has 3 heterocycles. The van der Waals surface area contributed by atoms with Crippen LogP contribution in [0.4, 0.5) is 0 Å². The number of hydrogen-bond donors (Lipinski definition) is 1. The van der Waals surface area contributed by atoms with Gasteiger partial charge in [0.15, 0.2) is 5.58 Å². The van der Waals surface area contributed by atoms with Gasteiger partial charge >= 0.3 is 0 Å². The predicted octanol–water partition coefficient (Wildman–Crippen LogP) is 5.45. The van der Waals surface area contributed by atoms with Gasteiger partial charge in [-0.05, 0) is 70.4 Å². The third kappa shape index (κ3) is 2.88. The fourth-order valence-corrected chi connectivity index (χ4v) is 4.17. The summed E-state index contributed by atoms with van der Waals surface area (Å²) < 4.78 is 18.7. The van der Waals surface area contributed by atoms with E-state index in [1.807, 2.05) is 39.8 Å². The molecular weight excluding hydrogens is 380 g/mol. The number of hydrogen-bond acceptors (Lipinski definition) is 5. The van der Waals surface area contributed by atoms with Crippen LogP contribution in [0.1, 0.15) is 45.2 Å². The first-order valence-electron chi connectivity index (χ1n) is 10.2. The maximum absolute atomic E-state index is 13.6. The molecule has 30 heavy (non-hydrogen) atoms. The van der Waals surface area contributed by atoms with Gasteiger partial charge in [-0.1, -0.05) is 12.1 Å². The highest BCUT2D eigenvalue weighted by Crippen LogP contribution is 2.48. The molecule has 5 heteroatoms. The van der Waals surface area contributed by atoms with Gasteiger partial charge in [0.05, 0.1) is 11.1 Å². The maximum atomic E-state index is 13.6. The maximum Gasteiger partial charge on any atom is 0.204 e. The van der Waals surface area contributed by atoms with Gasteiger partial charge in [0.1, 0.15) is 40.1 Å². The first-order chi connectivity index (χ1) is 14.2. The van der Waals surface area contributed by atoms with Crippen molar-refractivity contribution < 1.29 is 19.0 Å². The molecule has 5 rings (SSSR count). The van der Waals surface area contributed by atoms with Crippen molar-refractivity contribution in [3.05, 3.63) is 58.0 Å². The molecule has 1 aromatic heterocycles. The van der Waals surface area contributed by atoms with Crippen LogP contribution in [-0.2, 0) is 6.42 Å². The van der Waals surface area contributed by atoms with E-state index in [2.05, 4.69) is 0 Å². The molecule has 5 nitrogen and oxygen atoms in total. The van der Waals surface area contributed by atoms with Gasteiger partial charge in [-0.2, -0.15) is 0 Å². The van der Waals surface area contributed by atoms with Crippen LogP contribution in [0, 0.1) is 0 Å². The zero-order valence-corrected chi connectivity index (χ0v) is 17.5. The largest absolute Gasteiger partial charge is 0.508 e. The highest BCUT2D eigenvalue weighted by molar-refractivity contribution is 5.97. The number of fused-ring (bicyclic) bond motifs is 6. The number of ether oxygens (including phenoxy) is 2. The van der Waals surface area contributed by atoms with Crippen molar-refractivity contribution in [3.8, 4) is 28.4 Å². The summed E-state index contributed by atoms with van der Waals surface area (Å²) in [5, 5.41) is 10.0. The molecule has 0 spiro atoms. The third-order valence-corrected chi connectivity index (χ3v) is 5.81. The van der Waals surface area contributed by atoms with Gasteiger partial charge in [-0.3, -0.25) is 4.79 Å². The Bertz CT molecular complexity index is 1260. The van der Waals surface area contributed by atoms with Crippen LogP contribution in [-0.4, -0.2) is 16.3 Å². The highest BCUT2D eigenvalue weighted by atomic mass is 16.5. The van der Waals surface area contributed by atoms with Gasteiger partial charge in [0, 0.05) is 5.56 Å². The number of aromatic hydroxyl groups is 1. The Hall–Kier alpha value is -3.21. The lowest BCUT2D eigenvalue weighted by Crippen LogP contribution is -2.35. The van der Waals surface area contributed by atoms with Crippen LogP contribution in [0.2, 0.25) is 0 Å². The van der Waals surface area contributed by atoms with Gasteiger partial charge in [0.25, 0.3) is 0 Å². The van der Waals surface area contributed by atoms with Gasteiger partial charge in [-0.15, -0.1) is 0 Å². The van der Waals surface area contributed by atoms with E-state index in [9.17, 15) is 9.90 Å². The number of phenols is 1. The SMILES string of the molecule is CC1(C)C=Cc2c(c3c(c4c(=O)c(-c5ccc(O)cc5)coc24)OC(C)(C)CC3)O1. The van der Waals surface area contributed by atoms with Crippen molar-refractivity contribution in [1.29, 1.82) is 0 Å². The van der Waals surface area contributed by atoms with Crippen LogP contribution in [0.15, 0.2) is 45.8 Å². The number of benzene rings is 2. The van der Waals surface area contributed by atoms with Crippen LogP contribution in [0.25, 0.3) is 28.2 Å². The average molecular weight is 404 g/mol. The Morgan fingerprint density at radius 1 is 1.00 bits per heavy atom. The van der Waals surface area contributed by atoms with Crippen LogP contribution in [0.3, 0.4) is 0 Å². The molecular formula is C25H24O5. The summed E-state index contributed by atoms with van der Waals surface area (Å²) >= 11 is 0. The lowest BCUT2D eigenvalue weighted by Gasteiger charge is -2.37. The van der Waals surface area contributed by atoms with E-state index >= 15 is 0 Å². The van der Waals surface area contributed by atoms with Crippen LogP contribution >= 0.6 is 0 Å². The second kappa shape index (κ2) is 6.14. The van der Waals surface area contributed by atoms with Crippen molar-refractivity contribution in [1.82, 2.24) is 0 Å². The zero-order chi connectivity index (χ0) is 21.3. The molecule has 0 amide bonds. The predicted molar refractivity (Wildman–Crippen MR) is 116 cm³/mol. The first kappa shape index (κ1) is 18.8. The van der Waals surface area contributed by atoms with Crippen molar-refractivity contribution in [2.75, 3.05) is 0 Å². The highest BCUT2D eigenvalue weighted by Gasteiger charge is 2.36. The fourth-order valence-electron chi connectivity index (χ4n) is 4.17. The van der Waals surface area contributed by atoms with Crippen molar-refractivity contribution in [2.45, 2.75) is 51.7 Å². The number of phenolic OH excluding ortho intramolecular Hbond substituents is 1. The van der Waals surface area contributed by atoms with E-state index in [1.54, 1.807) is 24.3 Å². The van der Waals surface area contributed by atoms with Gasteiger partial charge < -0.3 is 19.0 Å². The molecule has 3 aromatic rings. The summed E-state index contributed by atoms with van der Waals surface area (Å²) in [5.41, 5.74) is 2.28. The van der Waals surface area contributed by atoms with E-state index in [0.29, 0.717) is 27.8 Å². The molecule has 0 saturated heterocycles. The third-order valence-electron chi connectivity index (χ3n) is 5.81. The summed E-state index contributed by atoms with van der Waals surface area (Å²) in [4.78, 5) is 13.6. The molecule has 0 atom stereocenters. The Morgan fingerprint density at radius 3 is 2.47 bits per heavy atom. The minimum atomic E-state index is -0.451. The molecule has 0 unspecified atom stereocenters. The monoisotopic (exact) mass is 404 g/mol. The molecule has 0 saturated carbocycles. The smallest absolute Gasteiger partial charge is 0.204 e. The normalized spacial score (nSPS) is 18.3. The minimum absolute atomic E-state index is 0.144. The Labute approximate surface area is 174 Å². The first-order valence-corrected chi connectivity index (χ1v) is 10.2. The number of rotatable bonds is 1. The van der Waals surface area contributed by atoms with E-state index < -0.39 is 11.2 Å². The molecule has 2 aromatic carbocycles. The second-order valence-corrected chi connectivity index (χ2v) is 9.18. The second-order valence-electron chi connectivity index (χ2n) is 9.18. The Morgan fingerprint density at radius 2 is 1.73 bits per heavy atom. The molecule has 2 aliphatic rings. The Balaban J connectivity index is 1.86. The van der Waals surface area contributed by atoms with Gasteiger partial charge in [-0.25, -0.2) is 0 Å². The zero-order valence-electron chi connectivity index (χ0n) is 17.5. The quantitative estimate of drug-likeness (QED) is 0.584. The standard InChI is InChI=1S/C25H24O5/c1-24(2)11-9-16-21(29-24)17-10-12-25(3,4)30-23(17)19-20(27)18(13-28-22(16)19)14-5-7-15(26)8-6-14/h5-9,11,13,26H,10,12H2,1-4H3. The molecule has 0 aliphatic carbocycles. The van der Waals surface area contributed by atoms with Crippen molar-refractivity contribution in [2.24, 2.45) is 0 Å². The Kier molecular flexibility index (Phi) is 3.85. The van der Waals surface area contributed by atoms with E-state index in [-0.39, 0.29) is 11.2 Å². The van der Waals surface area contributed by atoms with E-state index in [0.717, 1.165) is 29.7 Å². The lowest BCUT2D eigenvalue weighted by atomic mass is 9.88. The summed E-state index contributed by atoms with van der Waals surface area (Å²) in [6.45, 7) is 8.05. The average Bonchev–Trinajstić information content (AvgIpc) is 2.67. The van der Waals surface area contributed by atoms with Crippen LogP contribution in [0.5, 0.6) is 17.2 Å². The molecule has 154 valence electrons. The lowest BCUT2D eigenvalue weighted by molar-refractivity contribution is 0.0827. The molecule has 0 fully saturated rings. The van der Waals surface area contributed by atoms with E-state index in [1.165, 1.54) is 6.26 Å². The molecule has 1 N–H and O–H groups in total. The van der Waals surface area contributed by atoms with Crippen molar-refractivity contribution >= 4 is 17.0 Å². The molecule has 2 aliphatic heterocycles. The summed E-state index contributed by atoms with van der Waals surface area (Å²) in [5.74, 6) is 1.44. The van der Waals surface area contributed by atoms with Crippen molar-refractivity contribution in [3.63, 3.8) is 0 Å². The van der Waals surface area contributed by atoms with E-state index in [4.69, 9.17) is 13.9 Å². The summed E-state index contributed by atoms with van der Waals surface area (Å²) in [7, 11) is 0.